The maximum absolute atomic E-state index is 9.58. The molecule has 4 rings (SSSR count). The summed E-state index contributed by atoms with van der Waals surface area (Å²) in [4.78, 5) is 6.70. The standard InChI is InChI=1S/C20H23N3O/c24-20-6-5-18-10-16(3-4-19(18)11-20)12-22-8-1-2-17(13-22)14-23-9-7-21-15-23/h3-7,9-11,15,17,24H,1-2,8,12-14H2/t17-/m0/s1. The van der Waals surface area contributed by atoms with Crippen molar-refractivity contribution in [2.45, 2.75) is 25.9 Å². The number of aromatic hydroxyl groups is 1. The number of rotatable bonds is 4. The molecule has 4 nitrogen and oxygen atoms in total. The van der Waals surface area contributed by atoms with Crippen LogP contribution in [-0.2, 0) is 13.1 Å². The normalized spacial score (nSPS) is 18.9. The number of hydrogen-bond donors (Lipinski definition) is 1. The summed E-state index contributed by atoms with van der Waals surface area (Å²) in [7, 11) is 0. The molecule has 1 aliphatic heterocycles. The van der Waals surface area contributed by atoms with Crippen molar-refractivity contribution in [3.8, 4) is 5.75 Å². The van der Waals surface area contributed by atoms with Gasteiger partial charge in [0, 0.05) is 32.0 Å². The number of fused-ring (bicyclic) bond motifs is 1. The molecule has 1 aromatic heterocycles. The third-order valence-corrected chi connectivity index (χ3v) is 4.93. The molecule has 0 saturated carbocycles. The maximum atomic E-state index is 9.58. The van der Waals surface area contributed by atoms with E-state index in [1.807, 2.05) is 24.7 Å². The third-order valence-electron chi connectivity index (χ3n) is 4.93. The molecule has 24 heavy (non-hydrogen) atoms. The molecule has 2 heterocycles. The Balaban J connectivity index is 1.43. The number of imidazole rings is 1. The summed E-state index contributed by atoms with van der Waals surface area (Å²) in [6.07, 6.45) is 8.38. The molecular weight excluding hydrogens is 298 g/mol. The van der Waals surface area contributed by atoms with Crippen LogP contribution in [0.4, 0.5) is 0 Å². The van der Waals surface area contributed by atoms with E-state index in [-0.39, 0.29) is 0 Å². The van der Waals surface area contributed by atoms with Crippen molar-refractivity contribution in [2.75, 3.05) is 13.1 Å². The lowest BCUT2D eigenvalue weighted by Crippen LogP contribution is -2.36. The number of nitrogens with zero attached hydrogens (tertiary/aromatic N) is 3. The molecule has 1 fully saturated rings. The predicted octanol–water partition coefficient (Wildman–Crippen LogP) is 3.65. The van der Waals surface area contributed by atoms with E-state index in [2.05, 4.69) is 38.8 Å². The van der Waals surface area contributed by atoms with Gasteiger partial charge in [0.2, 0.25) is 0 Å². The number of phenols is 1. The van der Waals surface area contributed by atoms with Gasteiger partial charge in [0.05, 0.1) is 6.33 Å². The second kappa shape index (κ2) is 6.65. The Morgan fingerprint density at radius 2 is 2.00 bits per heavy atom. The molecule has 2 aromatic carbocycles. The molecule has 0 radical (unpaired) electrons. The zero-order chi connectivity index (χ0) is 16.4. The smallest absolute Gasteiger partial charge is 0.116 e. The highest BCUT2D eigenvalue weighted by molar-refractivity contribution is 5.84. The predicted molar refractivity (Wildman–Crippen MR) is 95.8 cm³/mol. The number of likely N-dealkylation sites (tertiary alicyclic amines) is 1. The third kappa shape index (κ3) is 3.44. The van der Waals surface area contributed by atoms with Gasteiger partial charge in [-0.15, -0.1) is 0 Å². The van der Waals surface area contributed by atoms with E-state index in [4.69, 9.17) is 0 Å². The minimum absolute atomic E-state index is 0.327. The first-order chi connectivity index (χ1) is 11.8. The van der Waals surface area contributed by atoms with Crippen molar-refractivity contribution in [1.82, 2.24) is 14.5 Å². The van der Waals surface area contributed by atoms with Gasteiger partial charge < -0.3 is 9.67 Å². The topological polar surface area (TPSA) is 41.3 Å². The van der Waals surface area contributed by atoms with E-state index in [0.29, 0.717) is 11.7 Å². The van der Waals surface area contributed by atoms with Gasteiger partial charge in [-0.2, -0.15) is 0 Å². The van der Waals surface area contributed by atoms with Crippen molar-refractivity contribution in [3.63, 3.8) is 0 Å². The number of phenolic OH excluding ortho intramolecular Hbond substituents is 1. The van der Waals surface area contributed by atoms with Gasteiger partial charge in [-0.1, -0.05) is 18.2 Å². The molecule has 0 spiro atoms. The highest BCUT2D eigenvalue weighted by Gasteiger charge is 2.20. The molecular formula is C20H23N3O. The van der Waals surface area contributed by atoms with Crippen LogP contribution in [0.2, 0.25) is 0 Å². The van der Waals surface area contributed by atoms with Crippen LogP contribution in [0.5, 0.6) is 5.75 Å². The van der Waals surface area contributed by atoms with Crippen LogP contribution in [0.1, 0.15) is 18.4 Å². The van der Waals surface area contributed by atoms with Crippen LogP contribution in [0, 0.1) is 5.92 Å². The van der Waals surface area contributed by atoms with Crippen molar-refractivity contribution >= 4 is 10.8 Å². The lowest BCUT2D eigenvalue weighted by atomic mass is 9.97. The number of benzene rings is 2. The lowest BCUT2D eigenvalue weighted by Gasteiger charge is -2.33. The highest BCUT2D eigenvalue weighted by Crippen LogP contribution is 2.24. The fourth-order valence-electron chi connectivity index (χ4n) is 3.78. The minimum atomic E-state index is 0.327. The van der Waals surface area contributed by atoms with Crippen molar-refractivity contribution in [3.05, 3.63) is 60.7 Å². The second-order valence-corrected chi connectivity index (χ2v) is 6.87. The van der Waals surface area contributed by atoms with E-state index >= 15 is 0 Å². The Morgan fingerprint density at radius 3 is 2.88 bits per heavy atom. The Hall–Kier alpha value is -2.33. The van der Waals surface area contributed by atoms with E-state index in [9.17, 15) is 5.11 Å². The van der Waals surface area contributed by atoms with Crippen LogP contribution in [0.25, 0.3) is 10.8 Å². The fraction of sp³-hybridized carbons (Fsp3) is 0.350. The highest BCUT2D eigenvalue weighted by atomic mass is 16.3. The molecule has 1 saturated heterocycles. The van der Waals surface area contributed by atoms with Gasteiger partial charge >= 0.3 is 0 Å². The van der Waals surface area contributed by atoms with Crippen molar-refractivity contribution < 1.29 is 5.11 Å². The van der Waals surface area contributed by atoms with Gasteiger partial charge in [0.1, 0.15) is 5.75 Å². The van der Waals surface area contributed by atoms with Crippen LogP contribution in [-0.4, -0.2) is 32.6 Å². The summed E-state index contributed by atoms with van der Waals surface area (Å²) in [6.45, 7) is 4.38. The fourth-order valence-corrected chi connectivity index (χ4v) is 3.78. The summed E-state index contributed by atoms with van der Waals surface area (Å²) in [5.74, 6) is 1.03. The van der Waals surface area contributed by atoms with Gasteiger partial charge in [0.25, 0.3) is 0 Å². The molecule has 124 valence electrons. The molecule has 0 bridgehead atoms. The average Bonchev–Trinajstić information content (AvgIpc) is 3.08. The van der Waals surface area contributed by atoms with Crippen molar-refractivity contribution in [2.24, 2.45) is 5.92 Å². The van der Waals surface area contributed by atoms with Gasteiger partial charge in [0.15, 0.2) is 0 Å². The van der Waals surface area contributed by atoms with E-state index in [1.165, 1.54) is 30.3 Å². The molecule has 1 atom stereocenters. The number of hydrogen-bond acceptors (Lipinski definition) is 3. The Kier molecular flexibility index (Phi) is 4.22. The average molecular weight is 321 g/mol. The Morgan fingerprint density at radius 1 is 1.12 bits per heavy atom. The second-order valence-electron chi connectivity index (χ2n) is 6.87. The summed E-state index contributed by atoms with van der Waals surface area (Å²) < 4.78 is 2.19. The van der Waals surface area contributed by atoms with Gasteiger partial charge in [-0.3, -0.25) is 4.90 Å². The van der Waals surface area contributed by atoms with Crippen LogP contribution in [0.3, 0.4) is 0 Å². The maximum Gasteiger partial charge on any atom is 0.116 e. The molecule has 3 aromatic rings. The zero-order valence-electron chi connectivity index (χ0n) is 13.8. The monoisotopic (exact) mass is 321 g/mol. The van der Waals surface area contributed by atoms with E-state index in [1.54, 1.807) is 6.07 Å². The summed E-state index contributed by atoms with van der Waals surface area (Å²) in [5, 5.41) is 11.9. The van der Waals surface area contributed by atoms with E-state index in [0.717, 1.165) is 25.0 Å². The molecule has 0 amide bonds. The van der Waals surface area contributed by atoms with Crippen LogP contribution >= 0.6 is 0 Å². The quantitative estimate of drug-likeness (QED) is 0.797. The van der Waals surface area contributed by atoms with Crippen LogP contribution in [0.15, 0.2) is 55.1 Å². The molecule has 1 N–H and O–H groups in total. The van der Waals surface area contributed by atoms with E-state index < -0.39 is 0 Å². The largest absolute Gasteiger partial charge is 0.508 e. The molecule has 1 aliphatic rings. The Bertz CT molecular complexity index is 813. The summed E-state index contributed by atoms with van der Waals surface area (Å²) in [5.41, 5.74) is 1.34. The van der Waals surface area contributed by atoms with Gasteiger partial charge in [-0.05, 0) is 59.8 Å². The zero-order valence-corrected chi connectivity index (χ0v) is 13.8. The lowest BCUT2D eigenvalue weighted by molar-refractivity contribution is 0.156. The molecule has 4 heteroatoms. The number of piperidine rings is 1. The van der Waals surface area contributed by atoms with Gasteiger partial charge in [-0.25, -0.2) is 4.98 Å². The number of aromatic nitrogens is 2. The van der Waals surface area contributed by atoms with Crippen molar-refractivity contribution in [1.29, 1.82) is 0 Å². The molecule has 0 aliphatic carbocycles. The first-order valence-corrected chi connectivity index (χ1v) is 8.66. The summed E-state index contributed by atoms with van der Waals surface area (Å²) >= 11 is 0. The first-order valence-electron chi connectivity index (χ1n) is 8.66. The first kappa shape index (κ1) is 15.2. The van der Waals surface area contributed by atoms with Crippen LogP contribution < -0.4 is 0 Å². The SMILES string of the molecule is Oc1ccc2cc(CN3CCC[C@H](Cn4ccnc4)C3)ccc2c1. The summed E-state index contributed by atoms with van der Waals surface area (Å²) in [6, 6.07) is 12.1. The molecule has 0 unspecified atom stereocenters. The minimum Gasteiger partial charge on any atom is -0.508 e. The Labute approximate surface area is 142 Å².